The van der Waals surface area contributed by atoms with Gasteiger partial charge in [0.05, 0.1) is 12.3 Å². The lowest BCUT2D eigenvalue weighted by atomic mass is 10.0. The third-order valence-electron chi connectivity index (χ3n) is 3.22. The molecule has 1 aromatic heterocycles. The molecule has 0 unspecified atom stereocenters. The average Bonchev–Trinajstić information content (AvgIpc) is 2.86. The Balaban J connectivity index is 2.21. The SMILES string of the molecule is CCOC(=O)COc1cc(-c2ccc(F)cc2CC)n(C)n1. The number of ether oxygens (including phenoxy) is 2. The molecule has 0 atom stereocenters. The number of carbonyl (C=O) groups excluding carboxylic acids is 1. The summed E-state index contributed by atoms with van der Waals surface area (Å²) < 4.78 is 25.1. The van der Waals surface area contributed by atoms with E-state index < -0.39 is 5.97 Å². The number of aromatic nitrogens is 2. The number of rotatable bonds is 6. The fourth-order valence-electron chi connectivity index (χ4n) is 2.20. The number of hydrogen-bond acceptors (Lipinski definition) is 4. The van der Waals surface area contributed by atoms with Gasteiger partial charge in [0.2, 0.25) is 5.88 Å². The Labute approximate surface area is 128 Å². The van der Waals surface area contributed by atoms with Crippen LogP contribution in [0.1, 0.15) is 19.4 Å². The Morgan fingerprint density at radius 1 is 1.32 bits per heavy atom. The number of carbonyl (C=O) groups is 1. The summed E-state index contributed by atoms with van der Waals surface area (Å²) >= 11 is 0. The van der Waals surface area contributed by atoms with E-state index in [1.807, 2.05) is 6.92 Å². The first-order valence-corrected chi connectivity index (χ1v) is 7.16. The van der Waals surface area contributed by atoms with Crippen molar-refractivity contribution < 1.29 is 18.7 Å². The summed E-state index contributed by atoms with van der Waals surface area (Å²) in [6, 6.07) is 6.38. The van der Waals surface area contributed by atoms with Gasteiger partial charge in [0.25, 0.3) is 0 Å². The first-order chi connectivity index (χ1) is 10.5. The molecule has 0 aliphatic rings. The number of benzene rings is 1. The van der Waals surface area contributed by atoms with E-state index in [4.69, 9.17) is 9.47 Å². The molecule has 0 radical (unpaired) electrons. The van der Waals surface area contributed by atoms with Crippen LogP contribution < -0.4 is 4.74 Å². The monoisotopic (exact) mass is 306 g/mol. The van der Waals surface area contributed by atoms with Crippen LogP contribution in [0.25, 0.3) is 11.3 Å². The van der Waals surface area contributed by atoms with E-state index in [0.29, 0.717) is 18.9 Å². The largest absolute Gasteiger partial charge is 0.465 e. The Hall–Kier alpha value is -2.37. The molecule has 118 valence electrons. The molecule has 0 aliphatic heterocycles. The summed E-state index contributed by atoms with van der Waals surface area (Å²) in [4.78, 5) is 11.3. The zero-order chi connectivity index (χ0) is 16.1. The number of halogens is 1. The highest BCUT2D eigenvalue weighted by molar-refractivity contribution is 5.71. The lowest BCUT2D eigenvalue weighted by Gasteiger charge is -2.07. The molecule has 0 fully saturated rings. The first-order valence-electron chi connectivity index (χ1n) is 7.16. The minimum absolute atomic E-state index is 0.186. The molecule has 0 N–H and O–H groups in total. The second-order valence-corrected chi connectivity index (χ2v) is 4.74. The Morgan fingerprint density at radius 2 is 2.09 bits per heavy atom. The number of esters is 1. The summed E-state index contributed by atoms with van der Waals surface area (Å²) in [5.74, 6) is -0.371. The van der Waals surface area contributed by atoms with E-state index in [2.05, 4.69) is 5.10 Å². The van der Waals surface area contributed by atoms with Crippen molar-refractivity contribution in [2.75, 3.05) is 13.2 Å². The van der Waals surface area contributed by atoms with Gasteiger partial charge in [-0.25, -0.2) is 9.18 Å². The van der Waals surface area contributed by atoms with E-state index in [1.54, 1.807) is 30.8 Å². The molecule has 1 aromatic carbocycles. The minimum atomic E-state index is -0.439. The lowest BCUT2D eigenvalue weighted by molar-refractivity contribution is -0.145. The van der Waals surface area contributed by atoms with Crippen LogP contribution in [0, 0.1) is 5.82 Å². The van der Waals surface area contributed by atoms with Gasteiger partial charge in [0.15, 0.2) is 6.61 Å². The van der Waals surface area contributed by atoms with E-state index >= 15 is 0 Å². The molecule has 22 heavy (non-hydrogen) atoms. The van der Waals surface area contributed by atoms with Gasteiger partial charge in [0.1, 0.15) is 5.82 Å². The second kappa shape index (κ2) is 7.06. The zero-order valence-corrected chi connectivity index (χ0v) is 12.9. The normalized spacial score (nSPS) is 10.5. The van der Waals surface area contributed by atoms with E-state index in [1.165, 1.54) is 12.1 Å². The number of nitrogens with zero attached hydrogens (tertiary/aromatic N) is 2. The molecule has 2 rings (SSSR count). The first kappa shape index (κ1) is 16.0. The van der Waals surface area contributed by atoms with Crippen LogP contribution in [0.3, 0.4) is 0 Å². The fourth-order valence-corrected chi connectivity index (χ4v) is 2.20. The van der Waals surface area contributed by atoms with Gasteiger partial charge < -0.3 is 9.47 Å². The van der Waals surface area contributed by atoms with Crippen LogP contribution in [-0.2, 0) is 23.0 Å². The Morgan fingerprint density at radius 3 is 2.77 bits per heavy atom. The van der Waals surface area contributed by atoms with Gasteiger partial charge in [-0.05, 0) is 37.1 Å². The van der Waals surface area contributed by atoms with Gasteiger partial charge in [-0.15, -0.1) is 5.10 Å². The van der Waals surface area contributed by atoms with Crippen molar-refractivity contribution in [3.63, 3.8) is 0 Å². The number of hydrogen-bond donors (Lipinski definition) is 0. The van der Waals surface area contributed by atoms with Gasteiger partial charge in [-0.1, -0.05) is 6.92 Å². The van der Waals surface area contributed by atoms with E-state index in [-0.39, 0.29) is 12.4 Å². The van der Waals surface area contributed by atoms with Crippen LogP contribution in [-0.4, -0.2) is 29.0 Å². The van der Waals surface area contributed by atoms with Crippen molar-refractivity contribution in [2.45, 2.75) is 20.3 Å². The van der Waals surface area contributed by atoms with Crippen molar-refractivity contribution in [1.82, 2.24) is 9.78 Å². The quantitative estimate of drug-likeness (QED) is 0.770. The Bertz CT molecular complexity index is 667. The maximum atomic E-state index is 13.3. The highest BCUT2D eigenvalue weighted by atomic mass is 19.1. The maximum absolute atomic E-state index is 13.3. The molecule has 2 aromatic rings. The Kier molecular flexibility index (Phi) is 5.14. The average molecular weight is 306 g/mol. The third kappa shape index (κ3) is 3.63. The molecule has 0 amide bonds. The molecule has 1 heterocycles. The molecule has 5 nitrogen and oxygen atoms in total. The summed E-state index contributed by atoms with van der Waals surface area (Å²) in [6.45, 7) is 3.82. The van der Waals surface area contributed by atoms with Crippen LogP contribution in [0.4, 0.5) is 4.39 Å². The molecule has 6 heteroatoms. The van der Waals surface area contributed by atoms with Crippen LogP contribution in [0.2, 0.25) is 0 Å². The topological polar surface area (TPSA) is 53.4 Å². The van der Waals surface area contributed by atoms with Crippen LogP contribution in [0.15, 0.2) is 24.3 Å². The minimum Gasteiger partial charge on any atom is -0.465 e. The van der Waals surface area contributed by atoms with Gasteiger partial charge in [-0.2, -0.15) is 0 Å². The summed E-state index contributed by atoms with van der Waals surface area (Å²) in [5, 5.41) is 4.21. The summed E-state index contributed by atoms with van der Waals surface area (Å²) in [5.41, 5.74) is 2.58. The third-order valence-corrected chi connectivity index (χ3v) is 3.22. The molecule has 0 saturated carbocycles. The van der Waals surface area contributed by atoms with Gasteiger partial charge in [-0.3, -0.25) is 4.68 Å². The predicted molar refractivity (Wildman–Crippen MR) is 80.1 cm³/mol. The van der Waals surface area contributed by atoms with E-state index in [9.17, 15) is 9.18 Å². The number of aryl methyl sites for hydroxylation is 2. The van der Waals surface area contributed by atoms with Crippen molar-refractivity contribution in [3.8, 4) is 17.1 Å². The van der Waals surface area contributed by atoms with Crippen molar-refractivity contribution in [2.24, 2.45) is 7.05 Å². The molecular weight excluding hydrogens is 287 g/mol. The van der Waals surface area contributed by atoms with Gasteiger partial charge in [0, 0.05) is 18.7 Å². The molecular formula is C16H19FN2O3. The summed E-state index contributed by atoms with van der Waals surface area (Å²) in [6.07, 6.45) is 0.706. The molecule has 0 aliphatic carbocycles. The smallest absolute Gasteiger partial charge is 0.344 e. The lowest BCUT2D eigenvalue weighted by Crippen LogP contribution is -2.14. The van der Waals surface area contributed by atoms with E-state index in [0.717, 1.165) is 16.8 Å². The second-order valence-electron chi connectivity index (χ2n) is 4.74. The maximum Gasteiger partial charge on any atom is 0.344 e. The molecule has 0 spiro atoms. The van der Waals surface area contributed by atoms with Crippen molar-refractivity contribution in [3.05, 3.63) is 35.6 Å². The van der Waals surface area contributed by atoms with Crippen molar-refractivity contribution >= 4 is 5.97 Å². The van der Waals surface area contributed by atoms with Crippen molar-refractivity contribution in [1.29, 1.82) is 0 Å². The van der Waals surface area contributed by atoms with Gasteiger partial charge >= 0.3 is 5.97 Å². The molecule has 0 saturated heterocycles. The predicted octanol–water partition coefficient (Wildman–Crippen LogP) is 2.73. The molecule has 0 bridgehead atoms. The highest BCUT2D eigenvalue weighted by Gasteiger charge is 2.13. The van der Waals surface area contributed by atoms with Crippen LogP contribution in [0.5, 0.6) is 5.88 Å². The zero-order valence-electron chi connectivity index (χ0n) is 12.9. The highest BCUT2D eigenvalue weighted by Crippen LogP contribution is 2.27. The summed E-state index contributed by atoms with van der Waals surface area (Å²) in [7, 11) is 1.77. The van der Waals surface area contributed by atoms with Crippen LogP contribution >= 0.6 is 0 Å². The standard InChI is InChI=1S/C16H19FN2O3/c1-4-11-8-12(17)6-7-13(11)14-9-15(18-19(14)3)22-10-16(20)21-5-2/h6-9H,4-5,10H2,1-3H3. The fraction of sp³-hybridized carbons (Fsp3) is 0.375.